The van der Waals surface area contributed by atoms with E-state index in [1.807, 2.05) is 63.4 Å². The highest BCUT2D eigenvalue weighted by Gasteiger charge is 2.24. The summed E-state index contributed by atoms with van der Waals surface area (Å²) >= 11 is 18.3. The Morgan fingerprint density at radius 3 is 2.22 bits per heavy atom. The van der Waals surface area contributed by atoms with E-state index >= 15 is 0 Å². The molecule has 0 unspecified atom stereocenters. The van der Waals surface area contributed by atoms with Crippen molar-refractivity contribution in [2.24, 2.45) is 0 Å². The number of imidazole rings is 1. The maximum absolute atomic E-state index is 13.2. The molecule has 1 heterocycles. The third-order valence-electron chi connectivity index (χ3n) is 5.77. The molecule has 0 radical (unpaired) electrons. The van der Waals surface area contributed by atoms with Gasteiger partial charge in [-0.1, -0.05) is 64.6 Å². The molecule has 190 valence electrons. The van der Waals surface area contributed by atoms with Gasteiger partial charge in [-0.2, -0.15) is 0 Å². The first-order chi connectivity index (χ1) is 17.6. The van der Waals surface area contributed by atoms with Crippen LogP contribution >= 0.6 is 34.8 Å². The van der Waals surface area contributed by atoms with Gasteiger partial charge >= 0.3 is 0 Å². The Morgan fingerprint density at radius 2 is 1.59 bits per heavy atom. The Balaban J connectivity index is 1.62. The SMILES string of the molecule is Cc1ccc(-n2cc(-c3ccc(Cl)cc3)nc2NC(=O)CN(C(=O)c2ccc(Cl)cc2Cl)C(C)C)cc1. The molecule has 0 saturated heterocycles. The lowest BCUT2D eigenvalue weighted by molar-refractivity contribution is -0.117. The number of carbonyl (C=O) groups is 2. The van der Waals surface area contributed by atoms with Crippen molar-refractivity contribution in [2.75, 3.05) is 11.9 Å². The third-order valence-corrected chi connectivity index (χ3v) is 6.57. The van der Waals surface area contributed by atoms with Crippen molar-refractivity contribution in [1.29, 1.82) is 0 Å². The van der Waals surface area contributed by atoms with Gasteiger partial charge < -0.3 is 4.90 Å². The van der Waals surface area contributed by atoms with Crippen LogP contribution in [0.25, 0.3) is 16.9 Å². The molecule has 4 aromatic rings. The van der Waals surface area contributed by atoms with Gasteiger partial charge in [-0.05, 0) is 63.2 Å². The summed E-state index contributed by atoms with van der Waals surface area (Å²) in [4.78, 5) is 32.6. The zero-order valence-electron chi connectivity index (χ0n) is 20.5. The predicted octanol–water partition coefficient (Wildman–Crippen LogP) is 7.30. The number of halogens is 3. The molecule has 37 heavy (non-hydrogen) atoms. The van der Waals surface area contributed by atoms with Crippen LogP contribution in [-0.4, -0.2) is 38.9 Å². The number of nitrogens with zero attached hydrogens (tertiary/aromatic N) is 3. The maximum atomic E-state index is 13.2. The van der Waals surface area contributed by atoms with E-state index in [4.69, 9.17) is 34.8 Å². The Morgan fingerprint density at radius 1 is 0.946 bits per heavy atom. The first-order valence-electron chi connectivity index (χ1n) is 11.6. The van der Waals surface area contributed by atoms with Crippen LogP contribution in [0.15, 0.2) is 72.9 Å². The van der Waals surface area contributed by atoms with Crippen molar-refractivity contribution in [1.82, 2.24) is 14.5 Å². The molecule has 0 bridgehead atoms. The lowest BCUT2D eigenvalue weighted by Gasteiger charge is -2.26. The fourth-order valence-electron chi connectivity index (χ4n) is 3.76. The number of hydrogen-bond acceptors (Lipinski definition) is 3. The number of anilines is 1. The topological polar surface area (TPSA) is 67.2 Å². The van der Waals surface area contributed by atoms with E-state index < -0.39 is 5.91 Å². The van der Waals surface area contributed by atoms with Gasteiger partial charge in [-0.3, -0.25) is 19.5 Å². The molecule has 3 aromatic carbocycles. The van der Waals surface area contributed by atoms with Gasteiger partial charge in [0.15, 0.2) is 0 Å². The molecule has 1 N–H and O–H groups in total. The summed E-state index contributed by atoms with van der Waals surface area (Å²) in [5, 5.41) is 4.15. The molecule has 9 heteroatoms. The van der Waals surface area contributed by atoms with E-state index in [-0.39, 0.29) is 29.1 Å². The Kier molecular flexibility index (Phi) is 8.22. The number of amides is 2. The first-order valence-corrected chi connectivity index (χ1v) is 12.7. The van der Waals surface area contributed by atoms with Crippen molar-refractivity contribution in [3.05, 3.63) is 99.1 Å². The zero-order valence-corrected chi connectivity index (χ0v) is 22.8. The number of aromatic nitrogens is 2. The molecule has 1 aromatic heterocycles. The van der Waals surface area contributed by atoms with Gasteiger partial charge in [0, 0.05) is 33.5 Å². The monoisotopic (exact) mass is 554 g/mol. The Labute approximate surface area is 230 Å². The fraction of sp³-hybridized carbons (Fsp3) is 0.179. The molecule has 4 rings (SSSR count). The van der Waals surface area contributed by atoms with Gasteiger partial charge in [0.1, 0.15) is 6.54 Å². The fourth-order valence-corrected chi connectivity index (χ4v) is 4.37. The van der Waals surface area contributed by atoms with Gasteiger partial charge in [0.25, 0.3) is 5.91 Å². The summed E-state index contributed by atoms with van der Waals surface area (Å²) in [6, 6.07) is 19.6. The van der Waals surface area contributed by atoms with E-state index in [9.17, 15) is 9.59 Å². The standard InChI is InChI=1S/C28H25Cl3N4O2/c1-17(2)34(27(37)23-13-10-21(30)14-24(23)31)16-26(36)33-28-32-25(19-6-8-20(29)9-7-19)15-35(28)22-11-4-18(3)5-12-22/h4-15,17H,16H2,1-3H3,(H,32,33,36). The minimum atomic E-state index is -0.395. The van der Waals surface area contributed by atoms with Gasteiger partial charge in [0.05, 0.1) is 16.3 Å². The van der Waals surface area contributed by atoms with Crippen LogP contribution < -0.4 is 5.32 Å². The second-order valence-electron chi connectivity index (χ2n) is 8.86. The molecule has 2 amide bonds. The molecule has 6 nitrogen and oxygen atoms in total. The number of nitrogens with one attached hydrogen (secondary N) is 1. The quantitative estimate of drug-likeness (QED) is 0.260. The van der Waals surface area contributed by atoms with E-state index in [0.717, 1.165) is 16.8 Å². The number of hydrogen-bond donors (Lipinski definition) is 1. The highest BCUT2D eigenvalue weighted by atomic mass is 35.5. The molecular weight excluding hydrogens is 531 g/mol. The molecule has 0 aliphatic heterocycles. The zero-order chi connectivity index (χ0) is 26.7. The summed E-state index contributed by atoms with van der Waals surface area (Å²) < 4.78 is 1.80. The minimum absolute atomic E-state index is 0.188. The van der Waals surface area contributed by atoms with Crippen LogP contribution in [0.1, 0.15) is 29.8 Å². The van der Waals surface area contributed by atoms with E-state index in [1.54, 1.807) is 28.8 Å². The summed E-state index contributed by atoms with van der Waals surface area (Å²) in [6.45, 7) is 5.48. The summed E-state index contributed by atoms with van der Waals surface area (Å²) in [6.07, 6.45) is 1.85. The molecule has 0 saturated carbocycles. The maximum Gasteiger partial charge on any atom is 0.256 e. The van der Waals surface area contributed by atoms with Crippen LogP contribution in [0.4, 0.5) is 5.95 Å². The van der Waals surface area contributed by atoms with Crippen LogP contribution in [0.3, 0.4) is 0 Å². The smallest absolute Gasteiger partial charge is 0.256 e. The lowest BCUT2D eigenvalue weighted by atomic mass is 10.1. The molecule has 0 aliphatic rings. The van der Waals surface area contributed by atoms with Gasteiger partial charge in [-0.25, -0.2) is 4.98 Å². The van der Waals surface area contributed by atoms with Crippen LogP contribution in [0.5, 0.6) is 0 Å². The Bertz CT molecular complexity index is 1430. The van der Waals surface area contributed by atoms with Crippen molar-refractivity contribution < 1.29 is 9.59 Å². The average Bonchev–Trinajstić information content (AvgIpc) is 3.26. The molecular formula is C28H25Cl3N4O2. The molecule has 0 spiro atoms. The third kappa shape index (κ3) is 6.34. The second-order valence-corrected chi connectivity index (χ2v) is 10.1. The highest BCUT2D eigenvalue weighted by molar-refractivity contribution is 6.36. The van der Waals surface area contributed by atoms with Crippen LogP contribution in [-0.2, 0) is 4.79 Å². The van der Waals surface area contributed by atoms with Crippen molar-refractivity contribution in [3.8, 4) is 16.9 Å². The van der Waals surface area contributed by atoms with E-state index in [2.05, 4.69) is 10.3 Å². The second kappa shape index (κ2) is 11.4. The van der Waals surface area contributed by atoms with Crippen molar-refractivity contribution in [3.63, 3.8) is 0 Å². The summed E-state index contributed by atoms with van der Waals surface area (Å²) in [7, 11) is 0. The highest BCUT2D eigenvalue weighted by Crippen LogP contribution is 2.26. The summed E-state index contributed by atoms with van der Waals surface area (Å²) in [5.74, 6) is -0.427. The van der Waals surface area contributed by atoms with E-state index in [0.29, 0.717) is 21.7 Å². The molecule has 0 atom stereocenters. The first kappa shape index (κ1) is 26.7. The lowest BCUT2D eigenvalue weighted by Crippen LogP contribution is -2.42. The largest absolute Gasteiger partial charge is 0.327 e. The van der Waals surface area contributed by atoms with Crippen LogP contribution in [0.2, 0.25) is 15.1 Å². The number of benzene rings is 3. The normalized spacial score (nSPS) is 11.0. The number of rotatable bonds is 7. The van der Waals surface area contributed by atoms with E-state index in [1.165, 1.54) is 11.0 Å². The Hall–Kier alpha value is -3.32. The van der Waals surface area contributed by atoms with Crippen molar-refractivity contribution in [2.45, 2.75) is 26.8 Å². The molecule has 0 aliphatic carbocycles. The molecule has 0 fully saturated rings. The number of carbonyl (C=O) groups excluding carboxylic acids is 2. The average molecular weight is 556 g/mol. The summed E-state index contributed by atoms with van der Waals surface area (Å²) in [5.41, 5.74) is 3.73. The van der Waals surface area contributed by atoms with Gasteiger partial charge in [0.2, 0.25) is 11.9 Å². The van der Waals surface area contributed by atoms with Gasteiger partial charge in [-0.15, -0.1) is 0 Å². The van der Waals surface area contributed by atoms with Crippen molar-refractivity contribution >= 4 is 52.6 Å². The number of aryl methyl sites for hydroxylation is 1. The predicted molar refractivity (Wildman–Crippen MR) is 150 cm³/mol. The minimum Gasteiger partial charge on any atom is -0.327 e. The van der Waals surface area contributed by atoms with Crippen LogP contribution in [0, 0.1) is 6.92 Å².